The molecule has 0 aliphatic carbocycles. The van der Waals surface area contributed by atoms with Crippen molar-refractivity contribution in [2.24, 2.45) is 0 Å². The number of halogens is 3. The van der Waals surface area contributed by atoms with Crippen LogP contribution in [0.15, 0.2) is 52.3 Å². The zero-order valence-electron chi connectivity index (χ0n) is 13.2. The zero-order chi connectivity index (χ0) is 18.8. The molecule has 0 aromatic heterocycles. The molecule has 2 aromatic rings. The Balaban J connectivity index is 1.84. The van der Waals surface area contributed by atoms with E-state index in [2.05, 4.69) is 4.72 Å². The number of thioether (sulfide) groups is 1. The molecule has 0 spiro atoms. The molecule has 1 N–H and O–H groups in total. The molecular formula is C16H14F3NO4S2. The fourth-order valence-electron chi connectivity index (χ4n) is 2.23. The third kappa shape index (κ3) is 4.55. The lowest BCUT2D eigenvalue weighted by molar-refractivity contribution is -0.105. The number of hydrogen-bond donors (Lipinski definition) is 1. The van der Waals surface area contributed by atoms with E-state index in [9.17, 15) is 21.6 Å². The Hall–Kier alpha value is -2.07. The summed E-state index contributed by atoms with van der Waals surface area (Å²) in [5.74, 6) is -0.370. The van der Waals surface area contributed by atoms with Crippen molar-refractivity contribution in [2.45, 2.75) is 16.0 Å². The molecular weight excluding hydrogens is 391 g/mol. The summed E-state index contributed by atoms with van der Waals surface area (Å²) in [6.45, 7) is 0.683. The second-order valence-electron chi connectivity index (χ2n) is 5.31. The van der Waals surface area contributed by atoms with Crippen molar-refractivity contribution in [1.82, 2.24) is 0 Å². The number of hydrogen-bond acceptors (Lipinski definition) is 5. The average Bonchev–Trinajstić information content (AvgIpc) is 2.59. The Morgan fingerprint density at radius 3 is 2.46 bits per heavy atom. The SMILES string of the molecule is O=S(=O)(Nc1ccccc1SCC(F)(F)F)c1ccc2c(c1)OCCO2. The molecule has 0 bridgehead atoms. The lowest BCUT2D eigenvalue weighted by Gasteiger charge is -2.19. The lowest BCUT2D eigenvalue weighted by Crippen LogP contribution is -2.17. The fourth-order valence-corrected chi connectivity index (χ4v) is 4.16. The van der Waals surface area contributed by atoms with E-state index in [1.807, 2.05) is 0 Å². The average molecular weight is 405 g/mol. The van der Waals surface area contributed by atoms with Crippen molar-refractivity contribution in [3.05, 3.63) is 42.5 Å². The van der Waals surface area contributed by atoms with Crippen LogP contribution in [0, 0.1) is 0 Å². The predicted octanol–water partition coefficient (Wildman–Crippen LogP) is 3.91. The number of rotatable bonds is 5. The first kappa shape index (κ1) is 18.7. The summed E-state index contributed by atoms with van der Waals surface area (Å²) in [7, 11) is -4.00. The summed E-state index contributed by atoms with van der Waals surface area (Å²) in [6, 6.07) is 10.1. The van der Waals surface area contributed by atoms with Crippen LogP contribution in [0.25, 0.3) is 0 Å². The van der Waals surface area contributed by atoms with Crippen molar-refractivity contribution < 1.29 is 31.1 Å². The topological polar surface area (TPSA) is 64.6 Å². The van der Waals surface area contributed by atoms with Gasteiger partial charge in [0.15, 0.2) is 11.5 Å². The summed E-state index contributed by atoms with van der Waals surface area (Å²) in [5.41, 5.74) is 0.0802. The van der Waals surface area contributed by atoms with Crippen LogP contribution in [0.3, 0.4) is 0 Å². The highest BCUT2D eigenvalue weighted by molar-refractivity contribution is 7.99. The maximum Gasteiger partial charge on any atom is 0.398 e. The van der Waals surface area contributed by atoms with Crippen molar-refractivity contribution in [1.29, 1.82) is 0 Å². The minimum atomic E-state index is -4.35. The van der Waals surface area contributed by atoms with Crippen molar-refractivity contribution in [3.63, 3.8) is 0 Å². The van der Waals surface area contributed by atoms with E-state index in [0.29, 0.717) is 36.5 Å². The number of benzene rings is 2. The molecule has 140 valence electrons. The van der Waals surface area contributed by atoms with Crippen LogP contribution in [0.5, 0.6) is 11.5 Å². The van der Waals surface area contributed by atoms with Gasteiger partial charge in [-0.2, -0.15) is 13.2 Å². The number of nitrogens with one attached hydrogen (secondary N) is 1. The quantitative estimate of drug-likeness (QED) is 0.764. The van der Waals surface area contributed by atoms with Gasteiger partial charge in [-0.3, -0.25) is 4.72 Å². The molecule has 0 atom stereocenters. The number of sulfonamides is 1. The van der Waals surface area contributed by atoms with E-state index in [0.717, 1.165) is 0 Å². The van der Waals surface area contributed by atoms with Crippen molar-refractivity contribution in [3.8, 4) is 11.5 Å². The highest BCUT2D eigenvalue weighted by Gasteiger charge is 2.28. The molecule has 2 aromatic carbocycles. The maximum absolute atomic E-state index is 12.6. The second-order valence-corrected chi connectivity index (χ2v) is 8.01. The van der Waals surface area contributed by atoms with E-state index >= 15 is 0 Å². The lowest BCUT2D eigenvalue weighted by atomic mass is 10.3. The van der Waals surface area contributed by atoms with Gasteiger partial charge in [-0.15, -0.1) is 11.8 Å². The third-order valence-electron chi connectivity index (χ3n) is 3.35. The Kier molecular flexibility index (Phi) is 5.24. The molecule has 1 heterocycles. The highest BCUT2D eigenvalue weighted by atomic mass is 32.2. The Morgan fingerprint density at radius 2 is 1.73 bits per heavy atom. The normalized spacial score (nSPS) is 14.1. The molecule has 0 saturated carbocycles. The summed E-state index contributed by atoms with van der Waals surface area (Å²) in [6.07, 6.45) is -4.35. The van der Waals surface area contributed by atoms with Crippen LogP contribution < -0.4 is 14.2 Å². The van der Waals surface area contributed by atoms with Crippen molar-refractivity contribution >= 4 is 27.5 Å². The standard InChI is InChI=1S/C16H14F3NO4S2/c17-16(18,19)10-25-15-4-2-1-3-12(15)20-26(21,22)11-5-6-13-14(9-11)24-8-7-23-13/h1-6,9,20H,7-8,10H2. The minimum Gasteiger partial charge on any atom is -0.486 e. The van der Waals surface area contributed by atoms with Gasteiger partial charge in [0.1, 0.15) is 13.2 Å². The molecule has 5 nitrogen and oxygen atoms in total. The molecule has 1 aliphatic heterocycles. The first-order valence-corrected chi connectivity index (χ1v) is 9.92. The van der Waals surface area contributed by atoms with Gasteiger partial charge in [0, 0.05) is 11.0 Å². The van der Waals surface area contributed by atoms with Gasteiger partial charge in [-0.1, -0.05) is 12.1 Å². The molecule has 0 radical (unpaired) electrons. The summed E-state index contributed by atoms with van der Waals surface area (Å²) in [5, 5.41) is 0. The number of alkyl halides is 3. The fraction of sp³-hybridized carbons (Fsp3) is 0.250. The Labute approximate surface area is 152 Å². The molecule has 3 rings (SSSR count). The largest absolute Gasteiger partial charge is 0.486 e. The molecule has 1 aliphatic rings. The number of anilines is 1. The van der Waals surface area contributed by atoms with Crippen LogP contribution in [0.4, 0.5) is 18.9 Å². The van der Waals surface area contributed by atoms with Crippen LogP contribution in [0.1, 0.15) is 0 Å². The number of fused-ring (bicyclic) bond motifs is 1. The Morgan fingerprint density at radius 1 is 1.04 bits per heavy atom. The van der Waals surface area contributed by atoms with E-state index in [-0.39, 0.29) is 15.5 Å². The maximum atomic E-state index is 12.6. The first-order chi connectivity index (χ1) is 12.2. The monoisotopic (exact) mass is 405 g/mol. The Bertz CT molecular complexity index is 901. The van der Waals surface area contributed by atoms with Gasteiger partial charge in [0.05, 0.1) is 16.3 Å². The summed E-state index contributed by atoms with van der Waals surface area (Å²) in [4.78, 5) is 0.114. The second kappa shape index (κ2) is 7.28. The smallest absolute Gasteiger partial charge is 0.398 e. The van der Waals surface area contributed by atoms with Gasteiger partial charge in [-0.25, -0.2) is 8.42 Å². The molecule has 0 amide bonds. The van der Waals surface area contributed by atoms with Crippen LogP contribution >= 0.6 is 11.8 Å². The zero-order valence-corrected chi connectivity index (χ0v) is 14.9. The highest BCUT2D eigenvalue weighted by Crippen LogP contribution is 2.35. The van der Waals surface area contributed by atoms with Crippen LogP contribution in [-0.4, -0.2) is 33.6 Å². The van der Waals surface area contributed by atoms with Crippen molar-refractivity contribution in [2.75, 3.05) is 23.7 Å². The van der Waals surface area contributed by atoms with Gasteiger partial charge >= 0.3 is 6.18 Å². The molecule has 0 unspecified atom stereocenters. The molecule has 26 heavy (non-hydrogen) atoms. The van der Waals surface area contributed by atoms with Gasteiger partial charge in [0.25, 0.3) is 10.0 Å². The van der Waals surface area contributed by atoms with Gasteiger partial charge < -0.3 is 9.47 Å². The van der Waals surface area contributed by atoms with Crippen LogP contribution in [-0.2, 0) is 10.0 Å². The third-order valence-corrected chi connectivity index (χ3v) is 5.85. The molecule has 0 fully saturated rings. The number of para-hydroxylation sites is 1. The van der Waals surface area contributed by atoms with E-state index < -0.39 is 22.0 Å². The summed E-state index contributed by atoms with van der Waals surface area (Å²) < 4.78 is 75.6. The van der Waals surface area contributed by atoms with E-state index in [1.165, 1.54) is 30.3 Å². The predicted molar refractivity (Wildman–Crippen MR) is 91.5 cm³/mol. The number of ether oxygens (including phenoxy) is 2. The molecule has 0 saturated heterocycles. The minimum absolute atomic E-state index is 0.0719. The van der Waals surface area contributed by atoms with Gasteiger partial charge in [0.2, 0.25) is 0 Å². The first-order valence-electron chi connectivity index (χ1n) is 7.46. The van der Waals surface area contributed by atoms with E-state index in [4.69, 9.17) is 9.47 Å². The van der Waals surface area contributed by atoms with Crippen LogP contribution in [0.2, 0.25) is 0 Å². The summed E-state index contributed by atoms with van der Waals surface area (Å²) >= 11 is 0.516. The van der Waals surface area contributed by atoms with E-state index in [1.54, 1.807) is 12.1 Å². The van der Waals surface area contributed by atoms with Gasteiger partial charge in [-0.05, 0) is 24.3 Å². The molecule has 10 heteroatoms.